The van der Waals surface area contributed by atoms with E-state index in [9.17, 15) is 14.4 Å². The van der Waals surface area contributed by atoms with Crippen LogP contribution in [0.2, 0.25) is 0 Å². The maximum absolute atomic E-state index is 13.2. The molecular weight excluding hydrogens is 428 g/mol. The highest BCUT2D eigenvalue weighted by Crippen LogP contribution is 2.25. The standard InChI is InChI=1S/C27H32N4O3/c1-20-17-21(2)19-30(18-20)27(34)23-11-6-7-12-24(23)29-25(32)13-14-26(33)31(16-8-15-28)22-9-4-3-5-10-22/h3-7,9-12,20-21H,8,13-14,16-19H2,1-2H3,(H,29,32). The quantitative estimate of drug-likeness (QED) is 0.629. The molecule has 178 valence electrons. The zero-order valence-electron chi connectivity index (χ0n) is 19.9. The van der Waals surface area contributed by atoms with Crippen molar-refractivity contribution >= 4 is 29.1 Å². The van der Waals surface area contributed by atoms with Crippen LogP contribution in [0.15, 0.2) is 54.6 Å². The van der Waals surface area contributed by atoms with Gasteiger partial charge in [-0.1, -0.05) is 44.2 Å². The van der Waals surface area contributed by atoms with Crippen LogP contribution in [-0.4, -0.2) is 42.3 Å². The topological polar surface area (TPSA) is 93.5 Å². The number of hydrogen-bond acceptors (Lipinski definition) is 4. The van der Waals surface area contributed by atoms with Crippen LogP contribution >= 0.6 is 0 Å². The first-order valence-electron chi connectivity index (χ1n) is 11.8. The van der Waals surface area contributed by atoms with Crippen LogP contribution in [0, 0.1) is 23.2 Å². The number of nitrogens with one attached hydrogen (secondary N) is 1. The van der Waals surface area contributed by atoms with Crippen molar-refractivity contribution < 1.29 is 14.4 Å². The summed E-state index contributed by atoms with van der Waals surface area (Å²) < 4.78 is 0. The highest BCUT2D eigenvalue weighted by Gasteiger charge is 2.27. The Hall–Kier alpha value is -3.66. The van der Waals surface area contributed by atoms with Crippen LogP contribution in [-0.2, 0) is 9.59 Å². The Morgan fingerprint density at radius 2 is 1.65 bits per heavy atom. The minimum absolute atomic E-state index is 0.00340. The van der Waals surface area contributed by atoms with Crippen LogP contribution in [0.4, 0.5) is 11.4 Å². The van der Waals surface area contributed by atoms with Gasteiger partial charge in [0.2, 0.25) is 11.8 Å². The van der Waals surface area contributed by atoms with Crippen molar-refractivity contribution in [3.8, 4) is 6.07 Å². The predicted molar refractivity (Wildman–Crippen MR) is 132 cm³/mol. The third-order valence-electron chi connectivity index (χ3n) is 5.97. The Bertz CT molecular complexity index is 1040. The molecule has 1 aliphatic heterocycles. The fourth-order valence-electron chi connectivity index (χ4n) is 4.51. The lowest BCUT2D eigenvalue weighted by atomic mass is 9.91. The van der Waals surface area contributed by atoms with Gasteiger partial charge in [-0.3, -0.25) is 14.4 Å². The van der Waals surface area contributed by atoms with Crippen molar-refractivity contribution in [2.45, 2.75) is 39.5 Å². The Balaban J connectivity index is 1.63. The normalized spacial score (nSPS) is 17.5. The highest BCUT2D eigenvalue weighted by atomic mass is 16.2. The molecular formula is C27H32N4O3. The van der Waals surface area contributed by atoms with Gasteiger partial charge in [0.15, 0.2) is 0 Å². The monoisotopic (exact) mass is 460 g/mol. The molecule has 0 aliphatic carbocycles. The molecule has 2 unspecified atom stereocenters. The number of amides is 3. The van der Waals surface area contributed by atoms with Gasteiger partial charge in [-0.15, -0.1) is 0 Å². The van der Waals surface area contributed by atoms with Crippen LogP contribution < -0.4 is 10.2 Å². The molecule has 0 spiro atoms. The Labute approximate surface area is 201 Å². The molecule has 0 bridgehead atoms. The molecule has 1 aliphatic rings. The van der Waals surface area contributed by atoms with Crippen molar-refractivity contribution in [3.63, 3.8) is 0 Å². The smallest absolute Gasteiger partial charge is 0.255 e. The summed E-state index contributed by atoms with van der Waals surface area (Å²) in [7, 11) is 0. The van der Waals surface area contributed by atoms with Crippen molar-refractivity contribution in [3.05, 3.63) is 60.2 Å². The lowest BCUT2D eigenvalue weighted by Gasteiger charge is -2.35. The number of benzene rings is 2. The largest absolute Gasteiger partial charge is 0.338 e. The van der Waals surface area contributed by atoms with E-state index in [2.05, 4.69) is 25.2 Å². The number of anilines is 2. The molecule has 1 heterocycles. The average Bonchev–Trinajstić information content (AvgIpc) is 2.83. The maximum atomic E-state index is 13.2. The third-order valence-corrected chi connectivity index (χ3v) is 5.97. The number of nitriles is 1. The lowest BCUT2D eigenvalue weighted by Crippen LogP contribution is -2.42. The minimum atomic E-state index is -0.331. The summed E-state index contributed by atoms with van der Waals surface area (Å²) in [5.41, 5.74) is 1.62. The van der Waals surface area contributed by atoms with Crippen molar-refractivity contribution in [1.29, 1.82) is 5.26 Å². The van der Waals surface area contributed by atoms with E-state index in [1.165, 1.54) is 4.90 Å². The van der Waals surface area contributed by atoms with Crippen molar-refractivity contribution in [1.82, 2.24) is 4.90 Å². The summed E-state index contributed by atoms with van der Waals surface area (Å²) in [5, 5.41) is 11.8. The van der Waals surface area contributed by atoms with E-state index in [0.717, 1.165) is 6.42 Å². The van der Waals surface area contributed by atoms with Gasteiger partial charge in [0, 0.05) is 38.2 Å². The molecule has 7 heteroatoms. The average molecular weight is 461 g/mol. The number of piperidine rings is 1. The first-order chi connectivity index (χ1) is 16.4. The van der Waals surface area contributed by atoms with Gasteiger partial charge in [0.05, 0.1) is 23.7 Å². The molecule has 0 radical (unpaired) electrons. The molecule has 1 N–H and O–H groups in total. The molecule has 1 saturated heterocycles. The van der Waals surface area contributed by atoms with Crippen molar-refractivity contribution in [2.24, 2.45) is 11.8 Å². The summed E-state index contributed by atoms with van der Waals surface area (Å²) in [6.45, 7) is 5.98. The summed E-state index contributed by atoms with van der Waals surface area (Å²) in [4.78, 5) is 42.1. The second-order valence-corrected chi connectivity index (χ2v) is 9.04. The minimum Gasteiger partial charge on any atom is -0.338 e. The van der Waals surface area contributed by atoms with E-state index < -0.39 is 0 Å². The van der Waals surface area contributed by atoms with Gasteiger partial charge in [0.1, 0.15) is 0 Å². The van der Waals surface area contributed by atoms with Crippen LogP contribution in [0.5, 0.6) is 0 Å². The van der Waals surface area contributed by atoms with E-state index in [0.29, 0.717) is 41.9 Å². The molecule has 2 atom stereocenters. The van der Waals surface area contributed by atoms with E-state index in [-0.39, 0.29) is 43.5 Å². The van der Waals surface area contributed by atoms with Crippen LogP contribution in [0.1, 0.15) is 49.9 Å². The molecule has 2 aromatic carbocycles. The summed E-state index contributed by atoms with van der Waals surface area (Å²) in [5.74, 6) is 0.236. The first kappa shape index (κ1) is 25.0. The molecule has 34 heavy (non-hydrogen) atoms. The van der Waals surface area contributed by atoms with E-state index >= 15 is 0 Å². The molecule has 3 rings (SSSR count). The highest BCUT2D eigenvalue weighted by molar-refractivity contribution is 6.04. The summed E-state index contributed by atoms with van der Waals surface area (Å²) in [6, 6.07) is 18.2. The number of nitrogens with zero attached hydrogens (tertiary/aromatic N) is 3. The second-order valence-electron chi connectivity index (χ2n) is 9.04. The van der Waals surface area contributed by atoms with Gasteiger partial charge in [0.25, 0.3) is 5.91 Å². The Morgan fingerprint density at radius 3 is 2.32 bits per heavy atom. The number of hydrogen-bond donors (Lipinski definition) is 1. The second kappa shape index (κ2) is 12.0. The predicted octanol–water partition coefficient (Wildman–Crippen LogP) is 4.47. The molecule has 2 aromatic rings. The lowest BCUT2D eigenvalue weighted by molar-refractivity contribution is -0.122. The number of carbonyl (C=O) groups excluding carboxylic acids is 3. The summed E-state index contributed by atoms with van der Waals surface area (Å²) >= 11 is 0. The molecule has 1 fully saturated rings. The van der Waals surface area contributed by atoms with Gasteiger partial charge >= 0.3 is 0 Å². The molecule has 7 nitrogen and oxygen atoms in total. The molecule has 0 saturated carbocycles. The zero-order valence-corrected chi connectivity index (χ0v) is 19.9. The fourth-order valence-corrected chi connectivity index (χ4v) is 4.51. The number of para-hydroxylation sites is 2. The van der Waals surface area contributed by atoms with E-state index in [1.54, 1.807) is 36.4 Å². The van der Waals surface area contributed by atoms with Crippen molar-refractivity contribution in [2.75, 3.05) is 29.9 Å². The van der Waals surface area contributed by atoms with Gasteiger partial charge in [-0.2, -0.15) is 5.26 Å². The molecule has 3 amide bonds. The Kier molecular flexibility index (Phi) is 8.80. The first-order valence-corrected chi connectivity index (χ1v) is 11.8. The Morgan fingerprint density at radius 1 is 1.00 bits per heavy atom. The SMILES string of the molecule is CC1CC(C)CN(C(=O)c2ccccc2NC(=O)CCC(=O)N(CCC#N)c2ccccc2)C1. The van der Waals surface area contributed by atoms with Gasteiger partial charge in [-0.25, -0.2) is 0 Å². The van der Waals surface area contributed by atoms with E-state index in [1.807, 2.05) is 23.1 Å². The van der Waals surface area contributed by atoms with Crippen LogP contribution in [0.25, 0.3) is 0 Å². The maximum Gasteiger partial charge on any atom is 0.255 e. The zero-order chi connectivity index (χ0) is 24.5. The fraction of sp³-hybridized carbons (Fsp3) is 0.407. The van der Waals surface area contributed by atoms with Gasteiger partial charge in [-0.05, 0) is 42.5 Å². The summed E-state index contributed by atoms with van der Waals surface area (Å²) in [6.07, 6.45) is 1.29. The molecule has 0 aromatic heterocycles. The number of rotatable bonds is 8. The van der Waals surface area contributed by atoms with E-state index in [4.69, 9.17) is 5.26 Å². The van der Waals surface area contributed by atoms with Crippen LogP contribution in [0.3, 0.4) is 0 Å². The van der Waals surface area contributed by atoms with Gasteiger partial charge < -0.3 is 15.1 Å². The number of carbonyl (C=O) groups is 3. The number of likely N-dealkylation sites (tertiary alicyclic amines) is 1. The third kappa shape index (κ3) is 6.67.